The molecule has 0 radical (unpaired) electrons. The van der Waals surface area contributed by atoms with Crippen LogP contribution in [-0.2, 0) is 4.74 Å². The molecule has 0 aliphatic heterocycles. The molecule has 0 bridgehead atoms. The van der Waals surface area contributed by atoms with Crippen molar-refractivity contribution < 1.29 is 14.6 Å². The number of aromatic carboxylic acids is 1. The van der Waals surface area contributed by atoms with Gasteiger partial charge in [-0.05, 0) is 19.3 Å². The summed E-state index contributed by atoms with van der Waals surface area (Å²) in [7, 11) is 1.69. The summed E-state index contributed by atoms with van der Waals surface area (Å²) in [5.41, 5.74) is 0.522. The Hall–Kier alpha value is -1.69. The quantitative estimate of drug-likeness (QED) is 0.677. The molecule has 0 aliphatic rings. The van der Waals surface area contributed by atoms with Gasteiger partial charge in [0.1, 0.15) is 5.82 Å². The van der Waals surface area contributed by atoms with E-state index in [4.69, 9.17) is 4.74 Å². The predicted octanol–water partition coefficient (Wildman–Crippen LogP) is 2.53. The smallest absolute Gasteiger partial charge is 0.356 e. The second kappa shape index (κ2) is 8.47. The number of methoxy groups -OCH3 is 1. The third-order valence-electron chi connectivity index (χ3n) is 2.87. The molecular weight excluding hydrogens is 258 g/mol. The molecule has 0 saturated carbocycles. The number of nitrogens with one attached hydrogen (secondary N) is 1. The lowest BCUT2D eigenvalue weighted by atomic mass is 10.2. The largest absolute Gasteiger partial charge is 0.476 e. The van der Waals surface area contributed by atoms with Crippen molar-refractivity contribution in [3.05, 3.63) is 17.7 Å². The molecule has 1 heterocycles. The van der Waals surface area contributed by atoms with Crippen LogP contribution < -0.4 is 5.32 Å². The van der Waals surface area contributed by atoms with Crippen molar-refractivity contribution in [1.29, 1.82) is 0 Å². The summed E-state index contributed by atoms with van der Waals surface area (Å²) in [6.07, 6.45) is 4.55. The van der Waals surface area contributed by atoms with Crippen molar-refractivity contribution in [2.75, 3.05) is 25.6 Å². The van der Waals surface area contributed by atoms with E-state index in [1.54, 1.807) is 13.3 Å². The van der Waals surface area contributed by atoms with Crippen LogP contribution in [0.4, 0.5) is 5.69 Å². The number of aromatic nitrogens is 2. The second-order valence-corrected chi connectivity index (χ2v) is 4.93. The molecule has 0 saturated heterocycles. The Bertz CT molecular complexity index is 436. The molecule has 1 rings (SSSR count). The lowest BCUT2D eigenvalue weighted by Gasteiger charge is -2.11. The maximum absolute atomic E-state index is 11.2. The van der Waals surface area contributed by atoms with Crippen molar-refractivity contribution in [2.24, 2.45) is 0 Å². The number of unbranched alkanes of at least 4 members (excludes halogenated alkanes) is 2. The first-order valence-corrected chi connectivity index (χ1v) is 6.89. The summed E-state index contributed by atoms with van der Waals surface area (Å²) in [4.78, 5) is 19.5. The first-order valence-electron chi connectivity index (χ1n) is 6.89. The fourth-order valence-electron chi connectivity index (χ4n) is 1.74. The Labute approximate surface area is 119 Å². The first-order chi connectivity index (χ1) is 9.56. The van der Waals surface area contributed by atoms with Crippen LogP contribution in [0, 0.1) is 0 Å². The topological polar surface area (TPSA) is 84.3 Å². The van der Waals surface area contributed by atoms with E-state index in [0.29, 0.717) is 18.1 Å². The van der Waals surface area contributed by atoms with E-state index in [0.717, 1.165) is 25.9 Å². The van der Waals surface area contributed by atoms with E-state index < -0.39 is 5.97 Å². The third-order valence-corrected chi connectivity index (χ3v) is 2.87. The van der Waals surface area contributed by atoms with Gasteiger partial charge in [-0.15, -0.1) is 0 Å². The van der Waals surface area contributed by atoms with Crippen molar-refractivity contribution in [2.45, 2.75) is 39.0 Å². The first kappa shape index (κ1) is 16.4. The van der Waals surface area contributed by atoms with Crippen molar-refractivity contribution in [3.63, 3.8) is 0 Å². The van der Waals surface area contributed by atoms with Gasteiger partial charge in [0.05, 0.1) is 11.9 Å². The summed E-state index contributed by atoms with van der Waals surface area (Å²) in [6.45, 7) is 5.33. The third kappa shape index (κ3) is 5.13. The minimum atomic E-state index is -1.03. The molecular formula is C14H23N3O3. The number of carboxylic acid groups (broad SMARTS) is 1. The standard InChI is InChI=1S/C14H23N3O3/c1-10(2)13-16-9-11(12(17-13)14(18)19)15-7-5-4-6-8-20-3/h9-10,15H,4-8H2,1-3H3,(H,18,19). The number of carbonyl (C=O) groups is 1. The number of anilines is 1. The zero-order valence-electron chi connectivity index (χ0n) is 12.3. The minimum Gasteiger partial charge on any atom is -0.476 e. The van der Waals surface area contributed by atoms with E-state index in [1.165, 1.54) is 0 Å². The minimum absolute atomic E-state index is 0.0422. The van der Waals surface area contributed by atoms with E-state index in [-0.39, 0.29) is 11.6 Å². The van der Waals surface area contributed by atoms with Crippen molar-refractivity contribution >= 4 is 11.7 Å². The Kier molecular flexibility index (Phi) is 6.93. The van der Waals surface area contributed by atoms with Crippen LogP contribution in [0.1, 0.15) is 55.3 Å². The summed E-state index contributed by atoms with van der Waals surface area (Å²) < 4.78 is 4.97. The maximum Gasteiger partial charge on any atom is 0.356 e. The average Bonchev–Trinajstić information content (AvgIpc) is 2.42. The van der Waals surface area contributed by atoms with Gasteiger partial charge in [0.25, 0.3) is 0 Å². The summed E-state index contributed by atoms with van der Waals surface area (Å²) in [6, 6.07) is 0. The van der Waals surface area contributed by atoms with Gasteiger partial charge in [0.2, 0.25) is 0 Å². The Morgan fingerprint density at radius 2 is 2.15 bits per heavy atom. The monoisotopic (exact) mass is 281 g/mol. The number of nitrogens with zero attached hydrogens (tertiary/aromatic N) is 2. The van der Waals surface area contributed by atoms with Crippen LogP contribution in [0.2, 0.25) is 0 Å². The highest BCUT2D eigenvalue weighted by Crippen LogP contribution is 2.16. The van der Waals surface area contributed by atoms with Crippen LogP contribution >= 0.6 is 0 Å². The predicted molar refractivity (Wildman–Crippen MR) is 77.3 cm³/mol. The zero-order chi connectivity index (χ0) is 15.0. The average molecular weight is 281 g/mol. The molecule has 1 aromatic heterocycles. The van der Waals surface area contributed by atoms with Gasteiger partial charge in [-0.3, -0.25) is 0 Å². The SMILES string of the molecule is COCCCCCNc1cnc(C(C)C)nc1C(=O)O. The van der Waals surface area contributed by atoms with Crippen molar-refractivity contribution in [3.8, 4) is 0 Å². The zero-order valence-corrected chi connectivity index (χ0v) is 12.3. The molecule has 0 atom stereocenters. The van der Waals surface area contributed by atoms with Crippen LogP contribution in [0.15, 0.2) is 6.20 Å². The summed E-state index contributed by atoms with van der Waals surface area (Å²) in [5.74, 6) is -0.375. The van der Waals surface area contributed by atoms with E-state index in [2.05, 4.69) is 15.3 Å². The summed E-state index contributed by atoms with van der Waals surface area (Å²) >= 11 is 0. The maximum atomic E-state index is 11.2. The molecule has 0 amide bonds. The van der Waals surface area contributed by atoms with Crippen molar-refractivity contribution in [1.82, 2.24) is 9.97 Å². The fraction of sp³-hybridized carbons (Fsp3) is 0.643. The molecule has 0 aromatic carbocycles. The van der Waals surface area contributed by atoms with Crippen LogP contribution in [0.5, 0.6) is 0 Å². The fourth-order valence-corrected chi connectivity index (χ4v) is 1.74. The highest BCUT2D eigenvalue weighted by atomic mass is 16.5. The highest BCUT2D eigenvalue weighted by Gasteiger charge is 2.15. The van der Waals surface area contributed by atoms with Gasteiger partial charge >= 0.3 is 5.97 Å². The van der Waals surface area contributed by atoms with Gasteiger partial charge in [-0.2, -0.15) is 0 Å². The molecule has 6 heteroatoms. The van der Waals surface area contributed by atoms with Crippen LogP contribution in [-0.4, -0.2) is 41.3 Å². The van der Waals surface area contributed by atoms with Crippen LogP contribution in [0.25, 0.3) is 0 Å². The van der Waals surface area contributed by atoms with E-state index in [9.17, 15) is 9.90 Å². The lowest BCUT2D eigenvalue weighted by molar-refractivity contribution is 0.0691. The van der Waals surface area contributed by atoms with Crippen LogP contribution in [0.3, 0.4) is 0 Å². The summed E-state index contributed by atoms with van der Waals surface area (Å²) in [5, 5.41) is 12.3. The molecule has 1 aromatic rings. The van der Waals surface area contributed by atoms with Gasteiger partial charge < -0.3 is 15.2 Å². The number of hydrogen-bond donors (Lipinski definition) is 2. The van der Waals surface area contributed by atoms with Gasteiger partial charge in [0.15, 0.2) is 5.69 Å². The number of ether oxygens (including phenoxy) is 1. The molecule has 2 N–H and O–H groups in total. The van der Waals surface area contributed by atoms with E-state index >= 15 is 0 Å². The van der Waals surface area contributed by atoms with Gasteiger partial charge in [-0.25, -0.2) is 14.8 Å². The molecule has 6 nitrogen and oxygen atoms in total. The number of hydrogen-bond acceptors (Lipinski definition) is 5. The Morgan fingerprint density at radius 1 is 1.40 bits per heavy atom. The normalized spacial score (nSPS) is 10.8. The molecule has 112 valence electrons. The molecule has 20 heavy (non-hydrogen) atoms. The number of rotatable bonds is 9. The molecule has 0 fully saturated rings. The Morgan fingerprint density at radius 3 is 2.75 bits per heavy atom. The highest BCUT2D eigenvalue weighted by molar-refractivity contribution is 5.91. The molecule has 0 spiro atoms. The van der Waals surface area contributed by atoms with Gasteiger partial charge in [-0.1, -0.05) is 13.8 Å². The number of carboxylic acids is 1. The second-order valence-electron chi connectivity index (χ2n) is 4.93. The molecule has 0 unspecified atom stereocenters. The Balaban J connectivity index is 2.58. The molecule has 0 aliphatic carbocycles. The van der Waals surface area contributed by atoms with Gasteiger partial charge in [0, 0.05) is 26.2 Å². The van der Waals surface area contributed by atoms with E-state index in [1.807, 2.05) is 13.8 Å². The lowest BCUT2D eigenvalue weighted by Crippen LogP contribution is -2.13.